The summed E-state index contributed by atoms with van der Waals surface area (Å²) in [5.41, 5.74) is -0.903. The number of hydrogen-bond donors (Lipinski definition) is 1. The lowest BCUT2D eigenvalue weighted by Gasteiger charge is -2.32. The molecule has 0 fully saturated rings. The average molecular weight is 568 g/mol. The maximum Gasteiger partial charge on any atom is 0.416 e. The van der Waals surface area contributed by atoms with Crippen molar-refractivity contribution >= 4 is 50.7 Å². The number of anilines is 1. The molecule has 0 saturated heterocycles. The number of sulfonamides is 1. The van der Waals surface area contributed by atoms with Crippen molar-refractivity contribution < 1.29 is 31.2 Å². The highest BCUT2D eigenvalue weighted by Gasteiger charge is 2.33. The molecule has 0 aliphatic heterocycles. The summed E-state index contributed by atoms with van der Waals surface area (Å²) >= 11 is 12.0. The van der Waals surface area contributed by atoms with Gasteiger partial charge in [0.1, 0.15) is 12.6 Å². The van der Waals surface area contributed by atoms with Gasteiger partial charge in [0.2, 0.25) is 21.8 Å². The molecule has 1 atom stereocenters. The van der Waals surface area contributed by atoms with Crippen molar-refractivity contribution in [2.45, 2.75) is 45.6 Å². The van der Waals surface area contributed by atoms with Crippen LogP contribution in [0.3, 0.4) is 0 Å². The highest BCUT2D eigenvalue weighted by atomic mass is 35.5. The summed E-state index contributed by atoms with van der Waals surface area (Å²) < 4.78 is 65.2. The summed E-state index contributed by atoms with van der Waals surface area (Å²) in [5.74, 6) is -1.31. The van der Waals surface area contributed by atoms with Gasteiger partial charge >= 0.3 is 6.18 Å². The van der Waals surface area contributed by atoms with Gasteiger partial charge in [-0.3, -0.25) is 13.9 Å². The number of carbonyl (C=O) groups excluding carboxylic acids is 2. The zero-order valence-corrected chi connectivity index (χ0v) is 22.3. The Morgan fingerprint density at radius 3 is 2.19 bits per heavy atom. The number of rotatable bonds is 9. The molecule has 0 heterocycles. The molecule has 0 spiro atoms. The van der Waals surface area contributed by atoms with E-state index in [4.69, 9.17) is 23.2 Å². The molecule has 0 aliphatic carbocycles. The van der Waals surface area contributed by atoms with Gasteiger partial charge in [-0.25, -0.2) is 8.42 Å². The van der Waals surface area contributed by atoms with Crippen molar-refractivity contribution in [3.63, 3.8) is 0 Å². The van der Waals surface area contributed by atoms with E-state index in [-0.39, 0.29) is 28.3 Å². The fourth-order valence-corrected chi connectivity index (χ4v) is 4.44. The van der Waals surface area contributed by atoms with E-state index in [0.29, 0.717) is 15.9 Å². The van der Waals surface area contributed by atoms with Crippen LogP contribution in [0.1, 0.15) is 31.9 Å². The molecule has 13 heteroatoms. The normalized spacial score (nSPS) is 12.8. The first-order chi connectivity index (χ1) is 16.5. The summed E-state index contributed by atoms with van der Waals surface area (Å²) in [4.78, 5) is 27.2. The molecule has 0 saturated carbocycles. The molecule has 7 nitrogen and oxygen atoms in total. The maximum absolute atomic E-state index is 13.4. The van der Waals surface area contributed by atoms with Crippen LogP contribution in [0.15, 0.2) is 42.5 Å². The third-order valence-electron chi connectivity index (χ3n) is 5.08. The summed E-state index contributed by atoms with van der Waals surface area (Å²) in [6.45, 7) is 3.95. The second kappa shape index (κ2) is 11.7. The standard InChI is InChI=1S/C23H26Cl2F3N3O4S/c1-14(2)29-22(33)15(3)30(12-16-8-9-19(24)20(25)10-16)21(32)13-31(36(4,34)35)18-7-5-6-17(11-18)23(26,27)28/h5-11,14-15H,12-13H2,1-4H3,(H,29,33)/t15-/m0/s1. The molecule has 0 aliphatic rings. The number of benzene rings is 2. The van der Waals surface area contributed by atoms with Gasteiger partial charge in [0.15, 0.2) is 0 Å². The summed E-state index contributed by atoms with van der Waals surface area (Å²) in [7, 11) is -4.18. The number of carbonyl (C=O) groups is 2. The summed E-state index contributed by atoms with van der Waals surface area (Å²) in [6, 6.07) is 6.95. The number of nitrogens with zero attached hydrogens (tertiary/aromatic N) is 2. The van der Waals surface area contributed by atoms with E-state index < -0.39 is 46.2 Å². The Hall–Kier alpha value is -2.50. The lowest BCUT2D eigenvalue weighted by molar-refractivity contribution is -0.139. The van der Waals surface area contributed by atoms with E-state index in [1.165, 1.54) is 19.1 Å². The van der Waals surface area contributed by atoms with Gasteiger partial charge in [0, 0.05) is 12.6 Å². The minimum Gasteiger partial charge on any atom is -0.352 e. The quantitative estimate of drug-likeness (QED) is 0.475. The molecule has 36 heavy (non-hydrogen) atoms. The second-order valence-electron chi connectivity index (χ2n) is 8.43. The first kappa shape index (κ1) is 29.7. The molecule has 2 aromatic carbocycles. The molecular weight excluding hydrogens is 542 g/mol. The SMILES string of the molecule is CC(C)NC(=O)[C@H](C)N(Cc1ccc(Cl)c(Cl)c1)C(=O)CN(c1cccc(C(F)(F)F)c1)S(C)(=O)=O. The Morgan fingerprint density at radius 1 is 1.03 bits per heavy atom. The van der Waals surface area contributed by atoms with Crippen LogP contribution in [0.25, 0.3) is 0 Å². The largest absolute Gasteiger partial charge is 0.416 e. The van der Waals surface area contributed by atoms with Crippen LogP contribution in [0.2, 0.25) is 10.0 Å². The van der Waals surface area contributed by atoms with Crippen LogP contribution in [0.5, 0.6) is 0 Å². The third-order valence-corrected chi connectivity index (χ3v) is 6.96. The van der Waals surface area contributed by atoms with E-state index in [9.17, 15) is 31.2 Å². The van der Waals surface area contributed by atoms with Crippen molar-refractivity contribution in [3.05, 3.63) is 63.6 Å². The third kappa shape index (κ3) is 8.01. The fraction of sp³-hybridized carbons (Fsp3) is 0.391. The topological polar surface area (TPSA) is 86.8 Å². The van der Waals surface area contributed by atoms with Gasteiger partial charge in [-0.1, -0.05) is 35.3 Å². The Kier molecular flexibility index (Phi) is 9.66. The summed E-state index contributed by atoms with van der Waals surface area (Å²) in [6.07, 6.45) is -3.94. The van der Waals surface area contributed by atoms with Crippen LogP contribution < -0.4 is 9.62 Å². The predicted octanol–water partition coefficient (Wildman–Crippen LogP) is 4.72. The predicted molar refractivity (Wildman–Crippen MR) is 133 cm³/mol. The van der Waals surface area contributed by atoms with Gasteiger partial charge in [0.25, 0.3) is 0 Å². The van der Waals surface area contributed by atoms with E-state index in [1.807, 2.05) is 0 Å². The first-order valence-corrected chi connectivity index (χ1v) is 13.3. The second-order valence-corrected chi connectivity index (χ2v) is 11.1. The van der Waals surface area contributed by atoms with Crippen LogP contribution in [0.4, 0.5) is 18.9 Å². The van der Waals surface area contributed by atoms with E-state index in [0.717, 1.165) is 29.4 Å². The highest BCUT2D eigenvalue weighted by molar-refractivity contribution is 7.92. The van der Waals surface area contributed by atoms with Gasteiger partial charge in [-0.15, -0.1) is 0 Å². The lowest BCUT2D eigenvalue weighted by atomic mass is 10.1. The van der Waals surface area contributed by atoms with E-state index in [1.54, 1.807) is 19.9 Å². The minimum absolute atomic E-state index is 0.136. The molecule has 198 valence electrons. The number of halogens is 5. The fourth-order valence-electron chi connectivity index (χ4n) is 3.27. The van der Waals surface area contributed by atoms with Crippen LogP contribution in [0, 0.1) is 0 Å². The lowest BCUT2D eigenvalue weighted by Crippen LogP contribution is -2.52. The molecule has 0 bridgehead atoms. The van der Waals surface area contributed by atoms with Gasteiger partial charge < -0.3 is 10.2 Å². The number of amides is 2. The van der Waals surface area contributed by atoms with Gasteiger partial charge in [-0.05, 0) is 56.7 Å². The monoisotopic (exact) mass is 567 g/mol. The first-order valence-electron chi connectivity index (χ1n) is 10.7. The maximum atomic E-state index is 13.4. The van der Waals surface area contributed by atoms with Crippen molar-refractivity contribution in [3.8, 4) is 0 Å². The average Bonchev–Trinajstić information content (AvgIpc) is 2.75. The molecule has 0 unspecified atom stereocenters. The molecule has 1 N–H and O–H groups in total. The van der Waals surface area contributed by atoms with Crippen molar-refractivity contribution in [1.29, 1.82) is 0 Å². The van der Waals surface area contributed by atoms with Crippen LogP contribution in [-0.2, 0) is 32.3 Å². The Morgan fingerprint density at radius 2 is 1.67 bits per heavy atom. The Labute approximate surface area is 218 Å². The highest BCUT2D eigenvalue weighted by Crippen LogP contribution is 2.32. The van der Waals surface area contributed by atoms with Crippen molar-refractivity contribution in [2.75, 3.05) is 17.1 Å². The number of alkyl halides is 3. The van der Waals surface area contributed by atoms with E-state index >= 15 is 0 Å². The van der Waals surface area contributed by atoms with Crippen LogP contribution >= 0.6 is 23.2 Å². The molecule has 2 aromatic rings. The van der Waals surface area contributed by atoms with E-state index in [2.05, 4.69) is 5.32 Å². The molecule has 2 rings (SSSR count). The Balaban J connectivity index is 2.46. The Bertz CT molecular complexity index is 1220. The summed E-state index contributed by atoms with van der Waals surface area (Å²) in [5, 5.41) is 3.17. The van der Waals surface area contributed by atoms with Crippen molar-refractivity contribution in [2.24, 2.45) is 0 Å². The number of nitrogens with one attached hydrogen (secondary N) is 1. The molecule has 0 aromatic heterocycles. The zero-order valence-electron chi connectivity index (χ0n) is 19.9. The molecule has 2 amide bonds. The zero-order chi connectivity index (χ0) is 27.4. The van der Waals surface area contributed by atoms with Crippen molar-refractivity contribution in [1.82, 2.24) is 10.2 Å². The minimum atomic E-state index is -4.72. The van der Waals surface area contributed by atoms with Gasteiger partial charge in [-0.2, -0.15) is 13.2 Å². The smallest absolute Gasteiger partial charge is 0.352 e. The molecule has 0 radical (unpaired) electrons. The van der Waals surface area contributed by atoms with Gasteiger partial charge in [0.05, 0.1) is 27.6 Å². The van der Waals surface area contributed by atoms with Crippen LogP contribution in [-0.4, -0.2) is 50.0 Å². The molecular formula is C23H26Cl2F3N3O4S. The number of hydrogen-bond acceptors (Lipinski definition) is 4.